The summed E-state index contributed by atoms with van der Waals surface area (Å²) in [7, 11) is 0. The highest BCUT2D eigenvalue weighted by molar-refractivity contribution is 8.00. The summed E-state index contributed by atoms with van der Waals surface area (Å²) in [5, 5.41) is 0. The van der Waals surface area contributed by atoms with Crippen LogP contribution in [0.25, 0.3) is 0 Å². The van der Waals surface area contributed by atoms with Gasteiger partial charge in [0.1, 0.15) is 5.44 Å². The Balaban J connectivity index is 0.000000562. The van der Waals surface area contributed by atoms with Crippen LogP contribution in [0.3, 0.4) is 0 Å². The van der Waals surface area contributed by atoms with Crippen LogP contribution in [0.4, 0.5) is 0 Å². The summed E-state index contributed by atoms with van der Waals surface area (Å²) < 4.78 is 6.14. The summed E-state index contributed by atoms with van der Waals surface area (Å²) in [5.74, 6) is 2.09. The van der Waals surface area contributed by atoms with Gasteiger partial charge in [-0.1, -0.05) is 0 Å². The average molecular weight is 254 g/mol. The quantitative estimate of drug-likeness (QED) is 0.651. The topological polar surface area (TPSA) is 44.0 Å². The minimum atomic E-state index is 0. The van der Waals surface area contributed by atoms with Gasteiger partial charge in [-0.05, 0) is 38.8 Å². The summed E-state index contributed by atoms with van der Waals surface area (Å²) in [5.41, 5.74) is 0.682. The number of hydrogen-bond acceptors (Lipinski definition) is 3. The fourth-order valence-electron chi connectivity index (χ4n) is 3.08. The monoisotopic (exact) mass is 253 g/mol. The smallest absolute Gasteiger partial charge is 0.101 e. The van der Waals surface area contributed by atoms with Crippen molar-refractivity contribution in [2.45, 2.75) is 30.8 Å². The van der Waals surface area contributed by atoms with Gasteiger partial charge in [-0.15, -0.1) is 24.2 Å². The van der Waals surface area contributed by atoms with Gasteiger partial charge in [0.25, 0.3) is 0 Å². The summed E-state index contributed by atoms with van der Waals surface area (Å²) in [4.78, 5) is 2.58. The molecule has 15 heavy (non-hydrogen) atoms. The predicted octanol–water partition coefficient (Wildman–Crippen LogP) is 1.16. The molecule has 4 aliphatic rings. The van der Waals surface area contributed by atoms with E-state index in [4.69, 9.17) is 4.74 Å². The first-order chi connectivity index (χ1) is 6.28. The van der Waals surface area contributed by atoms with E-state index < -0.39 is 0 Å². The second-order valence-corrected chi connectivity index (χ2v) is 5.90. The molecule has 2 bridgehead atoms. The SMILES string of the molecule is C[C@H]1O[C@]2(CS1)CN1CCC2CC1.Cl.O. The Labute approximate surface area is 102 Å². The van der Waals surface area contributed by atoms with Crippen LogP contribution in [0.1, 0.15) is 19.8 Å². The highest BCUT2D eigenvalue weighted by atomic mass is 35.5. The molecule has 0 aromatic rings. The second-order valence-electron chi connectivity index (χ2n) is 4.61. The molecule has 0 aliphatic carbocycles. The third kappa shape index (κ3) is 2.15. The maximum Gasteiger partial charge on any atom is 0.101 e. The zero-order chi connectivity index (χ0) is 8.89. The van der Waals surface area contributed by atoms with E-state index >= 15 is 0 Å². The maximum atomic E-state index is 6.14. The van der Waals surface area contributed by atoms with Crippen LogP contribution in [-0.4, -0.2) is 46.8 Å². The van der Waals surface area contributed by atoms with Crippen LogP contribution in [0.15, 0.2) is 0 Å². The Morgan fingerprint density at radius 2 is 2.00 bits per heavy atom. The van der Waals surface area contributed by atoms with Crippen LogP contribution in [0, 0.1) is 5.92 Å². The van der Waals surface area contributed by atoms with E-state index in [1.54, 1.807) is 0 Å². The van der Waals surface area contributed by atoms with Gasteiger partial charge in [-0.3, -0.25) is 0 Å². The molecule has 0 aromatic carbocycles. The van der Waals surface area contributed by atoms with Crippen molar-refractivity contribution in [1.82, 2.24) is 4.90 Å². The fourth-order valence-corrected chi connectivity index (χ4v) is 4.25. The Morgan fingerprint density at radius 3 is 2.40 bits per heavy atom. The molecule has 4 saturated heterocycles. The number of rotatable bonds is 0. The largest absolute Gasteiger partial charge is 0.412 e. The lowest BCUT2D eigenvalue weighted by Crippen LogP contribution is -2.60. The maximum absolute atomic E-state index is 6.14. The zero-order valence-electron chi connectivity index (χ0n) is 9.07. The molecular weight excluding hydrogens is 234 g/mol. The van der Waals surface area contributed by atoms with E-state index in [1.165, 1.54) is 38.2 Å². The van der Waals surface area contributed by atoms with Crippen LogP contribution >= 0.6 is 24.2 Å². The Kier molecular flexibility index (Phi) is 4.35. The van der Waals surface area contributed by atoms with Crippen molar-refractivity contribution in [3.05, 3.63) is 0 Å². The average Bonchev–Trinajstić information content (AvgIpc) is 2.49. The molecular formula is C10H20ClNO2S. The van der Waals surface area contributed by atoms with E-state index in [0.29, 0.717) is 5.44 Å². The number of nitrogens with zero attached hydrogens (tertiary/aromatic N) is 1. The van der Waals surface area contributed by atoms with E-state index in [0.717, 1.165) is 5.92 Å². The molecule has 2 atom stereocenters. The molecule has 5 heteroatoms. The minimum absolute atomic E-state index is 0. The molecule has 2 N–H and O–H groups in total. The van der Waals surface area contributed by atoms with E-state index in [9.17, 15) is 0 Å². The van der Waals surface area contributed by atoms with Crippen molar-refractivity contribution < 1.29 is 10.2 Å². The highest BCUT2D eigenvalue weighted by Crippen LogP contribution is 2.46. The van der Waals surface area contributed by atoms with Gasteiger partial charge in [0.05, 0.1) is 5.60 Å². The first kappa shape index (κ1) is 13.6. The molecule has 4 rings (SSSR count). The number of thioether (sulfide) groups is 1. The lowest BCUT2D eigenvalue weighted by atomic mass is 9.76. The molecule has 3 nitrogen and oxygen atoms in total. The van der Waals surface area contributed by atoms with Crippen LogP contribution in [0.2, 0.25) is 0 Å². The van der Waals surface area contributed by atoms with Gasteiger partial charge in [0.2, 0.25) is 0 Å². The third-order valence-corrected chi connectivity index (χ3v) is 5.01. The molecule has 4 aliphatic heterocycles. The molecule has 4 fully saturated rings. The summed E-state index contributed by atoms with van der Waals surface area (Å²) in [6.45, 7) is 6.02. The Bertz CT molecular complexity index is 223. The Morgan fingerprint density at radius 1 is 1.33 bits per heavy atom. The Hall–Kier alpha value is 0.520. The van der Waals surface area contributed by atoms with Gasteiger partial charge < -0.3 is 15.1 Å². The van der Waals surface area contributed by atoms with Crippen molar-refractivity contribution in [3.63, 3.8) is 0 Å². The number of ether oxygens (including phenoxy) is 1. The lowest BCUT2D eigenvalue weighted by Gasteiger charge is -2.50. The zero-order valence-corrected chi connectivity index (χ0v) is 10.7. The summed E-state index contributed by atoms with van der Waals surface area (Å²) >= 11 is 1.99. The first-order valence-electron chi connectivity index (χ1n) is 5.30. The minimum Gasteiger partial charge on any atom is -0.412 e. The van der Waals surface area contributed by atoms with Gasteiger partial charge in [-0.2, -0.15) is 0 Å². The molecule has 0 unspecified atom stereocenters. The second kappa shape index (κ2) is 4.80. The van der Waals surface area contributed by atoms with Crippen LogP contribution in [0.5, 0.6) is 0 Å². The number of fused-ring (bicyclic) bond motifs is 2. The molecule has 0 aromatic heterocycles. The van der Waals surface area contributed by atoms with Crippen molar-refractivity contribution in [1.29, 1.82) is 0 Å². The molecule has 0 saturated carbocycles. The number of piperidine rings is 3. The first-order valence-corrected chi connectivity index (χ1v) is 6.35. The van der Waals surface area contributed by atoms with Gasteiger partial charge >= 0.3 is 0 Å². The lowest BCUT2D eigenvalue weighted by molar-refractivity contribution is -0.133. The molecule has 1 spiro atoms. The third-order valence-electron chi connectivity index (χ3n) is 3.79. The predicted molar refractivity (Wildman–Crippen MR) is 65.8 cm³/mol. The van der Waals surface area contributed by atoms with Crippen molar-refractivity contribution >= 4 is 24.2 Å². The van der Waals surface area contributed by atoms with E-state index in [-0.39, 0.29) is 23.5 Å². The van der Waals surface area contributed by atoms with Gasteiger partial charge in [-0.25, -0.2) is 0 Å². The molecule has 0 amide bonds. The van der Waals surface area contributed by atoms with E-state index in [2.05, 4.69) is 11.8 Å². The normalized spacial score (nSPS) is 47.4. The van der Waals surface area contributed by atoms with Crippen LogP contribution in [-0.2, 0) is 4.74 Å². The standard InChI is InChI=1S/C10H17NOS.ClH.H2O/c1-8-12-10(7-13-8)6-11-4-2-9(10)3-5-11;;/h8-9H,2-7H2,1H3;1H;1H2/t8-,10-;;/m0../s1. The van der Waals surface area contributed by atoms with Gasteiger partial charge in [0.15, 0.2) is 0 Å². The summed E-state index contributed by atoms with van der Waals surface area (Å²) in [6.07, 6.45) is 2.74. The van der Waals surface area contributed by atoms with Gasteiger partial charge in [0, 0.05) is 12.3 Å². The highest BCUT2D eigenvalue weighted by Gasteiger charge is 2.51. The number of halogens is 1. The van der Waals surface area contributed by atoms with Crippen LogP contribution < -0.4 is 0 Å². The molecule has 90 valence electrons. The summed E-state index contributed by atoms with van der Waals surface area (Å²) in [6, 6.07) is 0. The molecule has 4 heterocycles. The van der Waals surface area contributed by atoms with E-state index in [1.807, 2.05) is 11.8 Å². The van der Waals surface area contributed by atoms with Crippen molar-refractivity contribution in [2.24, 2.45) is 5.92 Å². The fraction of sp³-hybridized carbons (Fsp3) is 1.00. The molecule has 0 radical (unpaired) electrons. The van der Waals surface area contributed by atoms with Crippen molar-refractivity contribution in [2.75, 3.05) is 25.4 Å². The van der Waals surface area contributed by atoms with Crippen molar-refractivity contribution in [3.8, 4) is 0 Å². The number of hydrogen-bond donors (Lipinski definition) is 0.